The third-order valence-electron chi connectivity index (χ3n) is 1.99. The number of nitrogens with zero attached hydrogens (tertiary/aromatic N) is 1. The fourth-order valence-corrected chi connectivity index (χ4v) is 2.09. The average molecular weight is 222 g/mol. The van der Waals surface area contributed by atoms with E-state index in [1.807, 2.05) is 5.38 Å². The minimum absolute atomic E-state index is 0.0248. The molecule has 0 aliphatic carbocycles. The normalized spacial score (nSPS) is 10.2. The van der Waals surface area contributed by atoms with Gasteiger partial charge in [0.2, 0.25) is 0 Å². The van der Waals surface area contributed by atoms with Crippen LogP contribution in [0.25, 0.3) is 0 Å². The molecule has 0 spiro atoms. The van der Waals surface area contributed by atoms with Crippen LogP contribution in [0.2, 0.25) is 0 Å². The van der Waals surface area contributed by atoms with Crippen molar-refractivity contribution in [3.63, 3.8) is 0 Å². The zero-order valence-corrected chi connectivity index (χ0v) is 9.00. The number of aromatic amines is 1. The van der Waals surface area contributed by atoms with Gasteiger partial charge in [0.25, 0.3) is 0 Å². The number of imidazole rings is 1. The van der Waals surface area contributed by atoms with Crippen LogP contribution in [0.5, 0.6) is 5.75 Å². The highest BCUT2D eigenvalue weighted by Crippen LogP contribution is 2.25. The number of H-pyrrole nitrogens is 1. The molecule has 0 unspecified atom stereocenters. The number of ketones is 1. The van der Waals surface area contributed by atoms with Crippen LogP contribution in [0.15, 0.2) is 23.8 Å². The van der Waals surface area contributed by atoms with Crippen molar-refractivity contribution in [1.29, 1.82) is 0 Å². The lowest BCUT2D eigenvalue weighted by molar-refractivity contribution is 0.0992. The summed E-state index contributed by atoms with van der Waals surface area (Å²) in [6.07, 6.45) is 3.62. The Hall–Kier alpha value is -1.62. The summed E-state index contributed by atoms with van der Waals surface area (Å²) in [4.78, 5) is 19.4. The van der Waals surface area contributed by atoms with E-state index < -0.39 is 0 Å². The number of carbonyl (C=O) groups excluding carboxylic acids is 1. The number of nitrogens with one attached hydrogen (secondary N) is 1. The third-order valence-corrected chi connectivity index (χ3v) is 2.92. The number of ether oxygens (including phenoxy) is 1. The fraction of sp³-hybridized carbons (Fsp3) is 0.200. The number of carbonyl (C=O) groups is 1. The molecule has 4 nitrogen and oxygen atoms in total. The molecule has 2 aromatic heterocycles. The molecule has 0 atom stereocenters. The molecule has 1 N–H and O–H groups in total. The number of methoxy groups -OCH3 is 1. The van der Waals surface area contributed by atoms with E-state index in [0.717, 1.165) is 0 Å². The zero-order chi connectivity index (χ0) is 10.7. The van der Waals surface area contributed by atoms with Crippen LogP contribution < -0.4 is 4.74 Å². The first kappa shape index (κ1) is 9.92. The second-order valence-corrected chi connectivity index (χ2v) is 3.87. The zero-order valence-electron chi connectivity index (χ0n) is 8.19. The molecule has 0 aliphatic rings. The topological polar surface area (TPSA) is 55.0 Å². The van der Waals surface area contributed by atoms with E-state index in [1.165, 1.54) is 11.3 Å². The van der Waals surface area contributed by atoms with Gasteiger partial charge in [0.15, 0.2) is 5.78 Å². The van der Waals surface area contributed by atoms with E-state index in [1.54, 1.807) is 25.6 Å². The fourth-order valence-electron chi connectivity index (χ4n) is 1.29. The van der Waals surface area contributed by atoms with Crippen LogP contribution in [-0.2, 0) is 6.42 Å². The summed E-state index contributed by atoms with van der Waals surface area (Å²) in [5.74, 6) is 1.34. The number of rotatable bonds is 4. The van der Waals surface area contributed by atoms with Gasteiger partial charge in [0, 0.05) is 12.4 Å². The van der Waals surface area contributed by atoms with Gasteiger partial charge in [-0.1, -0.05) is 0 Å². The molecule has 0 fully saturated rings. The molecule has 0 amide bonds. The van der Waals surface area contributed by atoms with Crippen LogP contribution in [0.3, 0.4) is 0 Å². The molecule has 0 aromatic carbocycles. The van der Waals surface area contributed by atoms with E-state index in [0.29, 0.717) is 16.5 Å². The van der Waals surface area contributed by atoms with E-state index in [-0.39, 0.29) is 12.2 Å². The quantitative estimate of drug-likeness (QED) is 0.804. The molecule has 2 aromatic rings. The molecule has 0 aliphatic heterocycles. The number of aromatic nitrogens is 2. The summed E-state index contributed by atoms with van der Waals surface area (Å²) in [7, 11) is 1.56. The van der Waals surface area contributed by atoms with Crippen LogP contribution in [0, 0.1) is 0 Å². The van der Waals surface area contributed by atoms with Crippen molar-refractivity contribution in [2.24, 2.45) is 0 Å². The average Bonchev–Trinajstić information content (AvgIpc) is 2.86. The number of hydrogen-bond donors (Lipinski definition) is 1. The predicted molar refractivity (Wildman–Crippen MR) is 57.5 cm³/mol. The van der Waals surface area contributed by atoms with Gasteiger partial charge in [0.1, 0.15) is 16.5 Å². The molecule has 0 radical (unpaired) electrons. The maximum absolute atomic E-state index is 11.8. The Balaban J connectivity index is 2.15. The Morgan fingerprint density at radius 2 is 2.53 bits per heavy atom. The van der Waals surface area contributed by atoms with Crippen molar-refractivity contribution in [2.75, 3.05) is 7.11 Å². The molecule has 15 heavy (non-hydrogen) atoms. The molecule has 78 valence electrons. The molecular weight excluding hydrogens is 212 g/mol. The van der Waals surface area contributed by atoms with Crippen molar-refractivity contribution in [1.82, 2.24) is 9.97 Å². The first-order chi connectivity index (χ1) is 7.31. The second kappa shape index (κ2) is 4.27. The van der Waals surface area contributed by atoms with Gasteiger partial charge in [-0.25, -0.2) is 4.98 Å². The monoisotopic (exact) mass is 222 g/mol. The largest absolute Gasteiger partial charge is 0.495 e. The summed E-state index contributed by atoms with van der Waals surface area (Å²) in [6, 6.07) is 1.79. The Labute approximate surface area is 90.9 Å². The van der Waals surface area contributed by atoms with Crippen LogP contribution >= 0.6 is 11.3 Å². The molecule has 0 bridgehead atoms. The Morgan fingerprint density at radius 3 is 3.20 bits per heavy atom. The maximum atomic E-state index is 11.8. The lowest BCUT2D eigenvalue weighted by Gasteiger charge is -1.99. The van der Waals surface area contributed by atoms with Crippen molar-refractivity contribution in [3.05, 3.63) is 34.5 Å². The highest BCUT2D eigenvalue weighted by atomic mass is 32.1. The summed E-state index contributed by atoms with van der Waals surface area (Å²) >= 11 is 1.39. The minimum atomic E-state index is 0.0248. The lowest BCUT2D eigenvalue weighted by Crippen LogP contribution is -2.04. The van der Waals surface area contributed by atoms with Gasteiger partial charge >= 0.3 is 0 Å². The minimum Gasteiger partial charge on any atom is -0.495 e. The Bertz CT molecular complexity index is 448. The van der Waals surface area contributed by atoms with E-state index in [4.69, 9.17) is 4.74 Å². The SMILES string of the molecule is COc1ccsc1C(=O)Cc1ncc[nH]1. The summed E-state index contributed by atoms with van der Waals surface area (Å²) < 4.78 is 5.08. The second-order valence-electron chi connectivity index (χ2n) is 2.95. The van der Waals surface area contributed by atoms with Crippen molar-refractivity contribution in [3.8, 4) is 5.75 Å². The van der Waals surface area contributed by atoms with Crippen LogP contribution in [-0.4, -0.2) is 22.9 Å². The van der Waals surface area contributed by atoms with Gasteiger partial charge in [-0.05, 0) is 11.4 Å². The lowest BCUT2D eigenvalue weighted by atomic mass is 10.2. The Morgan fingerprint density at radius 1 is 1.67 bits per heavy atom. The highest BCUT2D eigenvalue weighted by Gasteiger charge is 2.14. The van der Waals surface area contributed by atoms with Crippen molar-refractivity contribution < 1.29 is 9.53 Å². The molecule has 5 heteroatoms. The van der Waals surface area contributed by atoms with Gasteiger partial charge in [0.05, 0.1) is 13.5 Å². The first-order valence-corrected chi connectivity index (χ1v) is 5.32. The third kappa shape index (κ3) is 2.07. The molecule has 0 saturated heterocycles. The highest BCUT2D eigenvalue weighted by molar-refractivity contribution is 7.12. The van der Waals surface area contributed by atoms with Crippen LogP contribution in [0.4, 0.5) is 0 Å². The summed E-state index contributed by atoms with van der Waals surface area (Å²) in [5.41, 5.74) is 0. The first-order valence-electron chi connectivity index (χ1n) is 4.44. The van der Waals surface area contributed by atoms with E-state index in [9.17, 15) is 4.79 Å². The van der Waals surface area contributed by atoms with E-state index in [2.05, 4.69) is 9.97 Å². The van der Waals surface area contributed by atoms with Crippen molar-refractivity contribution in [2.45, 2.75) is 6.42 Å². The standard InChI is InChI=1S/C10H10N2O2S/c1-14-8-2-5-15-10(8)7(13)6-9-11-3-4-12-9/h2-5H,6H2,1H3,(H,11,12). The summed E-state index contributed by atoms with van der Waals surface area (Å²) in [6.45, 7) is 0. The number of hydrogen-bond acceptors (Lipinski definition) is 4. The number of thiophene rings is 1. The number of Topliss-reactive ketones (excluding diaryl/α,β-unsaturated/α-hetero) is 1. The molecule has 2 rings (SSSR count). The van der Waals surface area contributed by atoms with Crippen molar-refractivity contribution >= 4 is 17.1 Å². The maximum Gasteiger partial charge on any atom is 0.184 e. The van der Waals surface area contributed by atoms with Gasteiger partial charge in [-0.2, -0.15) is 0 Å². The van der Waals surface area contributed by atoms with Gasteiger partial charge < -0.3 is 9.72 Å². The van der Waals surface area contributed by atoms with Crippen LogP contribution in [0.1, 0.15) is 15.5 Å². The van der Waals surface area contributed by atoms with Gasteiger partial charge in [-0.3, -0.25) is 4.79 Å². The van der Waals surface area contributed by atoms with Gasteiger partial charge in [-0.15, -0.1) is 11.3 Å². The molecule has 0 saturated carbocycles. The molecular formula is C10H10N2O2S. The Kier molecular flexibility index (Phi) is 2.82. The van der Waals surface area contributed by atoms with E-state index >= 15 is 0 Å². The summed E-state index contributed by atoms with van der Waals surface area (Å²) in [5, 5.41) is 1.84. The smallest absolute Gasteiger partial charge is 0.184 e. The predicted octanol–water partition coefficient (Wildman–Crippen LogP) is 1.91. The molecule has 2 heterocycles.